The summed E-state index contributed by atoms with van der Waals surface area (Å²) < 4.78 is 10.7. The van der Waals surface area contributed by atoms with E-state index in [4.69, 9.17) is 9.47 Å². The van der Waals surface area contributed by atoms with Gasteiger partial charge in [0.1, 0.15) is 5.78 Å². The summed E-state index contributed by atoms with van der Waals surface area (Å²) in [5, 5.41) is 0.0713. The maximum Gasteiger partial charge on any atom is 0.242 e. The third-order valence-electron chi connectivity index (χ3n) is 3.61. The number of ketones is 1. The molecular formula is C17H29NO5S. The zero-order valence-corrected chi connectivity index (χ0v) is 15.9. The zero-order chi connectivity index (χ0) is 18.1. The molecule has 6 nitrogen and oxygen atoms in total. The van der Waals surface area contributed by atoms with Crippen molar-refractivity contribution in [1.82, 2.24) is 4.90 Å². The Morgan fingerprint density at radius 3 is 2.33 bits per heavy atom. The van der Waals surface area contributed by atoms with Gasteiger partial charge in [0.2, 0.25) is 11.8 Å². The highest BCUT2D eigenvalue weighted by Gasteiger charge is 2.38. The molecular weight excluding hydrogens is 330 g/mol. The Labute approximate surface area is 148 Å². The molecule has 0 aliphatic carbocycles. The number of ether oxygens (including phenoxy) is 2. The van der Waals surface area contributed by atoms with Crippen LogP contribution in [0.2, 0.25) is 0 Å². The lowest BCUT2D eigenvalue weighted by Gasteiger charge is -2.15. The van der Waals surface area contributed by atoms with Gasteiger partial charge in [-0.3, -0.25) is 19.3 Å². The van der Waals surface area contributed by atoms with Gasteiger partial charge in [0.05, 0.1) is 38.2 Å². The van der Waals surface area contributed by atoms with Crippen LogP contribution in [0.1, 0.15) is 40.5 Å². The van der Waals surface area contributed by atoms with E-state index in [0.29, 0.717) is 44.6 Å². The topological polar surface area (TPSA) is 72.9 Å². The summed E-state index contributed by atoms with van der Waals surface area (Å²) in [6, 6.07) is 0. The van der Waals surface area contributed by atoms with Gasteiger partial charge < -0.3 is 9.47 Å². The highest BCUT2D eigenvalue weighted by atomic mass is 32.2. The summed E-state index contributed by atoms with van der Waals surface area (Å²) in [4.78, 5) is 36.7. The quantitative estimate of drug-likeness (QED) is 0.391. The van der Waals surface area contributed by atoms with Crippen molar-refractivity contribution in [3.63, 3.8) is 0 Å². The van der Waals surface area contributed by atoms with Crippen molar-refractivity contribution in [1.29, 1.82) is 0 Å². The molecule has 7 heteroatoms. The van der Waals surface area contributed by atoms with Crippen molar-refractivity contribution in [2.75, 3.05) is 33.0 Å². The Balaban J connectivity index is 2.10. The Morgan fingerprint density at radius 1 is 1.12 bits per heavy atom. The van der Waals surface area contributed by atoms with Crippen molar-refractivity contribution in [3.05, 3.63) is 0 Å². The van der Waals surface area contributed by atoms with E-state index in [2.05, 4.69) is 0 Å². The van der Waals surface area contributed by atoms with Crippen LogP contribution in [0.15, 0.2) is 0 Å². The first kappa shape index (κ1) is 21.1. The zero-order valence-electron chi connectivity index (χ0n) is 15.1. The van der Waals surface area contributed by atoms with Gasteiger partial charge in [0.25, 0.3) is 0 Å². The number of nitrogens with zero attached hydrogens (tertiary/aromatic N) is 1. The molecule has 138 valence electrons. The van der Waals surface area contributed by atoms with Gasteiger partial charge in [0.15, 0.2) is 0 Å². The fourth-order valence-corrected chi connectivity index (χ4v) is 3.40. The summed E-state index contributed by atoms with van der Waals surface area (Å²) in [5.74, 6) is 0.00446. The van der Waals surface area contributed by atoms with Crippen molar-refractivity contribution in [3.8, 4) is 0 Å². The van der Waals surface area contributed by atoms with Gasteiger partial charge in [-0.1, -0.05) is 27.7 Å². The molecule has 0 aromatic rings. The molecule has 0 radical (unpaired) electrons. The minimum Gasteiger partial charge on any atom is -0.379 e. The third kappa shape index (κ3) is 7.32. The SMILES string of the molecule is CC(C)SC1CC(=O)N(CCOCCOCCC(=O)C(C)C)C1=O. The molecule has 0 aromatic heterocycles. The number of imide groups is 1. The van der Waals surface area contributed by atoms with Crippen molar-refractivity contribution < 1.29 is 23.9 Å². The van der Waals surface area contributed by atoms with E-state index in [9.17, 15) is 14.4 Å². The third-order valence-corrected chi connectivity index (χ3v) is 4.85. The van der Waals surface area contributed by atoms with Crippen LogP contribution in [-0.4, -0.2) is 66.0 Å². The van der Waals surface area contributed by atoms with Gasteiger partial charge in [-0.05, 0) is 5.25 Å². The number of carbonyl (C=O) groups is 3. The number of Topliss-reactive ketones (excluding diaryl/α,β-unsaturated/α-hetero) is 1. The second kappa shape index (κ2) is 10.8. The first-order valence-electron chi connectivity index (χ1n) is 8.50. The van der Waals surface area contributed by atoms with E-state index in [1.54, 1.807) is 0 Å². The summed E-state index contributed by atoms with van der Waals surface area (Å²) in [5.41, 5.74) is 0. The molecule has 1 saturated heterocycles. The number of thioether (sulfide) groups is 1. The van der Waals surface area contributed by atoms with E-state index in [0.717, 1.165) is 0 Å². The van der Waals surface area contributed by atoms with Crippen LogP contribution < -0.4 is 0 Å². The molecule has 2 amide bonds. The van der Waals surface area contributed by atoms with E-state index in [1.165, 1.54) is 16.7 Å². The molecule has 0 saturated carbocycles. The summed E-state index contributed by atoms with van der Waals surface area (Å²) >= 11 is 1.53. The van der Waals surface area contributed by atoms with Crippen LogP contribution in [-0.2, 0) is 23.9 Å². The molecule has 1 heterocycles. The predicted octanol–water partition coefficient (Wildman–Crippen LogP) is 1.90. The summed E-state index contributed by atoms with van der Waals surface area (Å²) in [7, 11) is 0. The molecule has 1 atom stereocenters. The van der Waals surface area contributed by atoms with E-state index >= 15 is 0 Å². The normalized spacial score (nSPS) is 18.2. The smallest absolute Gasteiger partial charge is 0.242 e. The van der Waals surface area contributed by atoms with Crippen LogP contribution in [0.4, 0.5) is 0 Å². The molecule has 24 heavy (non-hydrogen) atoms. The van der Waals surface area contributed by atoms with Gasteiger partial charge in [-0.2, -0.15) is 0 Å². The van der Waals surface area contributed by atoms with Crippen LogP contribution in [0.3, 0.4) is 0 Å². The second-order valence-electron chi connectivity index (χ2n) is 6.36. The molecule has 0 N–H and O–H groups in total. The first-order valence-corrected chi connectivity index (χ1v) is 9.45. The Bertz CT molecular complexity index is 439. The number of rotatable bonds is 12. The molecule has 1 unspecified atom stereocenters. The predicted molar refractivity (Wildman–Crippen MR) is 94.0 cm³/mol. The molecule has 1 rings (SSSR count). The lowest BCUT2D eigenvalue weighted by molar-refractivity contribution is -0.139. The van der Waals surface area contributed by atoms with Gasteiger partial charge in [-0.25, -0.2) is 0 Å². The maximum absolute atomic E-state index is 12.1. The molecule has 1 aliphatic heterocycles. The molecule has 0 aromatic carbocycles. The molecule has 0 spiro atoms. The number of amides is 2. The highest BCUT2D eigenvalue weighted by Crippen LogP contribution is 2.27. The molecule has 1 fully saturated rings. The highest BCUT2D eigenvalue weighted by molar-refractivity contribution is 8.01. The Hall–Kier alpha value is -0.920. The second-order valence-corrected chi connectivity index (χ2v) is 8.14. The molecule has 1 aliphatic rings. The Kier molecular flexibility index (Phi) is 9.54. The summed E-state index contributed by atoms with van der Waals surface area (Å²) in [6.07, 6.45) is 0.706. The first-order chi connectivity index (χ1) is 11.3. The largest absolute Gasteiger partial charge is 0.379 e. The van der Waals surface area contributed by atoms with Crippen molar-refractivity contribution in [2.45, 2.75) is 51.0 Å². The number of hydrogen-bond acceptors (Lipinski definition) is 6. The van der Waals surface area contributed by atoms with E-state index < -0.39 is 0 Å². The Morgan fingerprint density at radius 2 is 1.75 bits per heavy atom. The van der Waals surface area contributed by atoms with Gasteiger partial charge in [0, 0.05) is 18.8 Å². The number of likely N-dealkylation sites (tertiary alicyclic amines) is 1. The average molecular weight is 359 g/mol. The van der Waals surface area contributed by atoms with Crippen LogP contribution in [0.25, 0.3) is 0 Å². The standard InChI is InChI=1S/C17H29NO5S/c1-12(2)14(19)5-7-22-9-10-23-8-6-18-16(20)11-15(17(18)21)24-13(3)4/h12-13,15H,5-11H2,1-4H3. The van der Waals surface area contributed by atoms with Crippen molar-refractivity contribution in [2.24, 2.45) is 5.92 Å². The maximum atomic E-state index is 12.1. The number of carbonyl (C=O) groups excluding carboxylic acids is 3. The van der Waals surface area contributed by atoms with Crippen molar-refractivity contribution >= 4 is 29.4 Å². The minimum absolute atomic E-state index is 0.0399. The minimum atomic E-state index is -0.251. The van der Waals surface area contributed by atoms with Gasteiger partial charge in [-0.15, -0.1) is 11.8 Å². The summed E-state index contributed by atoms with van der Waals surface area (Å²) in [6.45, 7) is 9.56. The van der Waals surface area contributed by atoms with Gasteiger partial charge >= 0.3 is 0 Å². The lowest BCUT2D eigenvalue weighted by Crippen LogP contribution is -2.34. The van der Waals surface area contributed by atoms with E-state index in [1.807, 2.05) is 27.7 Å². The van der Waals surface area contributed by atoms with Crippen LogP contribution in [0, 0.1) is 5.92 Å². The fourth-order valence-electron chi connectivity index (χ4n) is 2.26. The average Bonchev–Trinajstić information content (AvgIpc) is 2.75. The monoisotopic (exact) mass is 359 g/mol. The lowest BCUT2D eigenvalue weighted by atomic mass is 10.1. The van der Waals surface area contributed by atoms with E-state index in [-0.39, 0.29) is 35.2 Å². The van der Waals surface area contributed by atoms with Crippen LogP contribution >= 0.6 is 11.8 Å². The van der Waals surface area contributed by atoms with Crippen LogP contribution in [0.5, 0.6) is 0 Å². The molecule has 0 bridgehead atoms. The fraction of sp³-hybridized carbons (Fsp3) is 0.824. The number of hydrogen-bond donors (Lipinski definition) is 0.